The van der Waals surface area contributed by atoms with E-state index >= 15 is 0 Å². The molecule has 0 spiro atoms. The highest BCUT2D eigenvalue weighted by molar-refractivity contribution is 9.09. The number of allylic oxidation sites excluding steroid dienone is 5. The molecule has 1 atom stereocenters. The summed E-state index contributed by atoms with van der Waals surface area (Å²) in [6, 6.07) is 0. The Morgan fingerprint density at radius 2 is 2.12 bits per heavy atom. The third kappa shape index (κ3) is 4.63. The Balaban J connectivity index is 2.97. The third-order valence-corrected chi connectivity index (χ3v) is 4.11. The molecule has 94 valence electrons. The maximum Gasteiger partial charge on any atom is 0.180 e. The quantitative estimate of drug-likeness (QED) is 0.472. The van der Waals surface area contributed by atoms with Crippen molar-refractivity contribution in [2.24, 2.45) is 5.41 Å². The normalized spacial score (nSPS) is 31.3. The molecule has 1 aliphatic carbocycles. The zero-order valence-electron chi connectivity index (χ0n) is 10.9. The van der Waals surface area contributed by atoms with Gasteiger partial charge in [0.2, 0.25) is 0 Å². The minimum atomic E-state index is 0.0113. The second-order valence-corrected chi connectivity index (χ2v) is 6.55. The Morgan fingerprint density at radius 1 is 1.47 bits per heavy atom. The van der Waals surface area contributed by atoms with E-state index < -0.39 is 0 Å². The first-order chi connectivity index (χ1) is 7.82. The molecule has 2 heteroatoms. The minimum Gasteiger partial charge on any atom is -0.290 e. The molecule has 0 radical (unpaired) electrons. The number of hydrogen-bond donors (Lipinski definition) is 0. The van der Waals surface area contributed by atoms with Crippen LogP contribution in [0.25, 0.3) is 0 Å². The van der Waals surface area contributed by atoms with Crippen LogP contribution in [0.1, 0.15) is 40.0 Å². The van der Waals surface area contributed by atoms with Gasteiger partial charge in [0.25, 0.3) is 0 Å². The van der Waals surface area contributed by atoms with Crippen LogP contribution in [0.3, 0.4) is 0 Å². The van der Waals surface area contributed by atoms with Crippen LogP contribution in [-0.4, -0.2) is 10.6 Å². The fourth-order valence-electron chi connectivity index (χ4n) is 1.84. The van der Waals surface area contributed by atoms with Crippen LogP contribution in [0.15, 0.2) is 36.0 Å². The lowest BCUT2D eigenvalue weighted by atomic mass is 9.85. The van der Waals surface area contributed by atoms with Crippen LogP contribution in [0.4, 0.5) is 0 Å². The number of alkyl halides is 1. The SMILES string of the molecule is C=C1CC/C=C(\C)C(=O)/C=C/C(C)(C)C[C@@H]1Br. The number of halogens is 1. The van der Waals surface area contributed by atoms with Gasteiger partial charge in [-0.15, -0.1) is 0 Å². The van der Waals surface area contributed by atoms with Gasteiger partial charge >= 0.3 is 0 Å². The van der Waals surface area contributed by atoms with Gasteiger partial charge < -0.3 is 0 Å². The molecule has 1 rings (SSSR count). The molecule has 17 heavy (non-hydrogen) atoms. The van der Waals surface area contributed by atoms with Crippen molar-refractivity contribution >= 4 is 21.7 Å². The average molecular weight is 297 g/mol. The number of carbonyl (C=O) groups is 1. The Hall–Kier alpha value is -0.630. The summed E-state index contributed by atoms with van der Waals surface area (Å²) in [6.45, 7) is 10.3. The van der Waals surface area contributed by atoms with Gasteiger partial charge in [-0.2, -0.15) is 0 Å². The molecule has 0 amide bonds. The predicted molar refractivity (Wildman–Crippen MR) is 77.4 cm³/mol. The number of ketones is 1. The Bertz CT molecular complexity index is 374. The third-order valence-electron chi connectivity index (χ3n) is 3.14. The number of hydrogen-bond acceptors (Lipinski definition) is 1. The fraction of sp³-hybridized carbons (Fsp3) is 0.533. The maximum atomic E-state index is 11.8. The molecule has 0 unspecified atom stereocenters. The molecular formula is C15H21BrO. The lowest BCUT2D eigenvalue weighted by molar-refractivity contribution is -0.111. The van der Waals surface area contributed by atoms with E-state index in [4.69, 9.17) is 0 Å². The molecule has 0 N–H and O–H groups in total. The first-order valence-corrected chi connectivity index (χ1v) is 6.95. The van der Waals surface area contributed by atoms with E-state index in [1.54, 1.807) is 6.08 Å². The van der Waals surface area contributed by atoms with Crippen LogP contribution >= 0.6 is 15.9 Å². The maximum absolute atomic E-state index is 11.8. The van der Waals surface area contributed by atoms with Crippen LogP contribution in [-0.2, 0) is 4.79 Å². The zero-order valence-corrected chi connectivity index (χ0v) is 12.5. The molecule has 1 aliphatic rings. The average Bonchev–Trinajstić information content (AvgIpc) is 2.24. The van der Waals surface area contributed by atoms with E-state index in [0.717, 1.165) is 24.8 Å². The predicted octanol–water partition coefficient (Wildman–Crippen LogP) is 4.59. The summed E-state index contributed by atoms with van der Waals surface area (Å²) >= 11 is 3.69. The largest absolute Gasteiger partial charge is 0.290 e. The fourth-order valence-corrected chi connectivity index (χ4v) is 2.90. The van der Waals surface area contributed by atoms with Crippen LogP contribution in [0, 0.1) is 5.41 Å². The first-order valence-electron chi connectivity index (χ1n) is 6.04. The van der Waals surface area contributed by atoms with Crippen molar-refractivity contribution in [3.63, 3.8) is 0 Å². The van der Waals surface area contributed by atoms with Crippen LogP contribution in [0.2, 0.25) is 0 Å². The Morgan fingerprint density at radius 3 is 2.76 bits per heavy atom. The number of rotatable bonds is 0. The highest BCUT2D eigenvalue weighted by Gasteiger charge is 2.21. The van der Waals surface area contributed by atoms with Crippen molar-refractivity contribution in [1.29, 1.82) is 0 Å². The van der Waals surface area contributed by atoms with E-state index in [0.29, 0.717) is 4.83 Å². The van der Waals surface area contributed by atoms with Gasteiger partial charge in [-0.05, 0) is 43.3 Å². The topological polar surface area (TPSA) is 17.1 Å². The lowest BCUT2D eigenvalue weighted by Gasteiger charge is -2.24. The summed E-state index contributed by atoms with van der Waals surface area (Å²) in [7, 11) is 0. The minimum absolute atomic E-state index is 0.0113. The van der Waals surface area contributed by atoms with Crippen molar-refractivity contribution < 1.29 is 4.79 Å². The van der Waals surface area contributed by atoms with E-state index in [9.17, 15) is 4.79 Å². The summed E-state index contributed by atoms with van der Waals surface area (Å²) in [5.41, 5.74) is 2.06. The molecule has 0 heterocycles. The van der Waals surface area contributed by atoms with Crippen molar-refractivity contribution in [3.8, 4) is 0 Å². The standard InChI is InChI=1S/C15H21BrO/c1-11-6-5-7-12(2)14(17)8-9-15(3,4)10-13(11)16/h7-9,13H,1,5-6,10H2,2-4H3/b9-8+,12-7+/t13-/m0/s1. The van der Waals surface area contributed by atoms with Crippen molar-refractivity contribution in [1.82, 2.24) is 0 Å². The number of carbonyl (C=O) groups excluding carboxylic acids is 1. The summed E-state index contributed by atoms with van der Waals surface area (Å²) in [5, 5.41) is 0. The molecule has 0 saturated heterocycles. The van der Waals surface area contributed by atoms with Crippen LogP contribution in [0.5, 0.6) is 0 Å². The summed E-state index contributed by atoms with van der Waals surface area (Å²) in [4.78, 5) is 12.1. The lowest BCUT2D eigenvalue weighted by Crippen LogP contribution is -2.16. The van der Waals surface area contributed by atoms with Gasteiger partial charge in [-0.25, -0.2) is 0 Å². The van der Waals surface area contributed by atoms with E-state index in [1.165, 1.54) is 5.57 Å². The Labute approximate surface area is 113 Å². The van der Waals surface area contributed by atoms with Crippen molar-refractivity contribution in [2.45, 2.75) is 44.9 Å². The van der Waals surface area contributed by atoms with Gasteiger partial charge in [-0.1, -0.05) is 54.1 Å². The molecule has 1 nitrogen and oxygen atoms in total. The molecule has 0 aromatic heterocycles. The summed E-state index contributed by atoms with van der Waals surface area (Å²) in [6.07, 6.45) is 8.53. The van der Waals surface area contributed by atoms with Gasteiger partial charge in [0.15, 0.2) is 5.78 Å². The second kappa shape index (κ2) is 5.81. The second-order valence-electron chi connectivity index (χ2n) is 5.44. The first kappa shape index (κ1) is 14.4. The molecule has 0 bridgehead atoms. The van der Waals surface area contributed by atoms with Gasteiger partial charge in [0.05, 0.1) is 0 Å². The highest BCUT2D eigenvalue weighted by atomic mass is 79.9. The van der Waals surface area contributed by atoms with E-state index in [-0.39, 0.29) is 11.2 Å². The molecule has 0 aliphatic heterocycles. The van der Waals surface area contributed by atoms with Gasteiger partial charge in [-0.3, -0.25) is 4.79 Å². The highest BCUT2D eigenvalue weighted by Crippen LogP contribution is 2.32. The van der Waals surface area contributed by atoms with Crippen LogP contribution < -0.4 is 0 Å². The Kier molecular flexibility index (Phi) is 4.93. The zero-order chi connectivity index (χ0) is 13.1. The summed E-state index contributed by atoms with van der Waals surface area (Å²) in [5.74, 6) is 0.122. The molecule has 0 fully saturated rings. The molecule has 0 saturated carbocycles. The van der Waals surface area contributed by atoms with E-state index in [1.807, 2.05) is 19.1 Å². The van der Waals surface area contributed by atoms with Gasteiger partial charge in [0.1, 0.15) is 0 Å². The van der Waals surface area contributed by atoms with Gasteiger partial charge in [0, 0.05) is 4.83 Å². The smallest absolute Gasteiger partial charge is 0.180 e. The molecular weight excluding hydrogens is 276 g/mol. The van der Waals surface area contributed by atoms with Crippen molar-refractivity contribution in [3.05, 3.63) is 36.0 Å². The summed E-state index contributed by atoms with van der Waals surface area (Å²) < 4.78 is 0. The monoisotopic (exact) mass is 296 g/mol. The van der Waals surface area contributed by atoms with Crippen molar-refractivity contribution in [2.75, 3.05) is 0 Å². The molecule has 0 aromatic carbocycles. The molecule has 0 aromatic rings. The van der Waals surface area contributed by atoms with E-state index in [2.05, 4.69) is 36.4 Å².